The normalized spacial score (nSPS) is 12.2. The Morgan fingerprint density at radius 3 is 2.75 bits per heavy atom. The van der Waals surface area contributed by atoms with E-state index < -0.39 is 5.82 Å². The minimum Gasteiger partial charge on any atom is -0.496 e. The molecule has 0 saturated carbocycles. The van der Waals surface area contributed by atoms with Crippen LogP contribution in [-0.4, -0.2) is 7.11 Å². The Bertz CT molecular complexity index is 615. The number of methoxy groups -OCH3 is 1. The summed E-state index contributed by atoms with van der Waals surface area (Å²) in [7, 11) is 1.61. The van der Waals surface area contributed by atoms with Crippen LogP contribution in [0.2, 0.25) is 5.02 Å². The maximum Gasteiger partial charge on any atom is 0.142 e. The summed E-state index contributed by atoms with van der Waals surface area (Å²) in [6.07, 6.45) is 0.454. The third-order valence-corrected chi connectivity index (χ3v) is 3.68. The highest BCUT2D eigenvalue weighted by atomic mass is 35.5. The second-order valence-corrected chi connectivity index (χ2v) is 5.15. The van der Waals surface area contributed by atoms with Crippen LogP contribution in [0, 0.1) is 12.7 Å². The molecule has 1 unspecified atom stereocenters. The summed E-state index contributed by atoms with van der Waals surface area (Å²) in [5.74, 6) is 0.317. The lowest BCUT2D eigenvalue weighted by atomic mass is 9.97. The first-order valence-corrected chi connectivity index (χ1v) is 6.73. The van der Waals surface area contributed by atoms with Gasteiger partial charge >= 0.3 is 0 Å². The molecular formula is C16H17ClFNO. The molecule has 0 bridgehead atoms. The number of halogens is 2. The van der Waals surface area contributed by atoms with Gasteiger partial charge in [0.05, 0.1) is 12.1 Å². The van der Waals surface area contributed by atoms with E-state index in [-0.39, 0.29) is 11.1 Å². The van der Waals surface area contributed by atoms with E-state index in [1.54, 1.807) is 19.2 Å². The van der Waals surface area contributed by atoms with Crippen molar-refractivity contribution in [3.63, 3.8) is 0 Å². The summed E-state index contributed by atoms with van der Waals surface area (Å²) in [5.41, 5.74) is 8.89. The van der Waals surface area contributed by atoms with Crippen molar-refractivity contribution in [2.45, 2.75) is 19.4 Å². The Kier molecular flexibility index (Phi) is 4.63. The van der Waals surface area contributed by atoms with E-state index in [1.165, 1.54) is 6.07 Å². The van der Waals surface area contributed by atoms with E-state index in [0.717, 1.165) is 16.9 Å². The molecule has 0 aliphatic carbocycles. The summed E-state index contributed by atoms with van der Waals surface area (Å²) >= 11 is 5.96. The fourth-order valence-electron chi connectivity index (χ4n) is 2.18. The first-order chi connectivity index (χ1) is 9.52. The first-order valence-electron chi connectivity index (χ1n) is 6.36. The molecule has 2 aromatic rings. The van der Waals surface area contributed by atoms with Crippen molar-refractivity contribution in [1.82, 2.24) is 0 Å². The Labute approximate surface area is 123 Å². The molecule has 0 saturated heterocycles. The highest BCUT2D eigenvalue weighted by molar-refractivity contribution is 6.31. The predicted octanol–water partition coefficient (Wildman–Crippen LogP) is 4.04. The van der Waals surface area contributed by atoms with Gasteiger partial charge in [-0.3, -0.25) is 0 Å². The monoisotopic (exact) mass is 293 g/mol. The third kappa shape index (κ3) is 3.11. The Morgan fingerprint density at radius 2 is 2.05 bits per heavy atom. The third-order valence-electron chi connectivity index (χ3n) is 3.26. The zero-order chi connectivity index (χ0) is 14.7. The van der Waals surface area contributed by atoms with Gasteiger partial charge in [0.1, 0.15) is 11.6 Å². The van der Waals surface area contributed by atoms with Crippen molar-refractivity contribution < 1.29 is 9.13 Å². The second-order valence-electron chi connectivity index (χ2n) is 4.77. The molecule has 2 N–H and O–H groups in total. The standard InChI is InChI=1S/C16H17ClFNO/c1-10-6-7-12(15(8-10)20-2)14(19)9-11-4-3-5-13(18)16(11)17/h3-8,14H,9,19H2,1-2H3. The number of rotatable bonds is 4. The molecule has 1 atom stereocenters. The maximum atomic E-state index is 13.4. The molecule has 0 heterocycles. The van der Waals surface area contributed by atoms with Gasteiger partial charge in [-0.2, -0.15) is 0 Å². The van der Waals surface area contributed by atoms with Crippen molar-refractivity contribution in [3.8, 4) is 5.75 Å². The lowest BCUT2D eigenvalue weighted by molar-refractivity contribution is 0.405. The number of aryl methyl sites for hydroxylation is 1. The second kappa shape index (κ2) is 6.25. The highest BCUT2D eigenvalue weighted by Crippen LogP contribution is 2.29. The lowest BCUT2D eigenvalue weighted by Crippen LogP contribution is -2.15. The molecule has 2 nitrogen and oxygen atoms in total. The van der Waals surface area contributed by atoms with Crippen molar-refractivity contribution >= 4 is 11.6 Å². The fourth-order valence-corrected chi connectivity index (χ4v) is 2.38. The molecule has 0 spiro atoms. The van der Waals surface area contributed by atoms with Crippen LogP contribution in [-0.2, 0) is 6.42 Å². The van der Waals surface area contributed by atoms with Crippen LogP contribution < -0.4 is 10.5 Å². The smallest absolute Gasteiger partial charge is 0.142 e. The summed E-state index contributed by atoms with van der Waals surface area (Å²) < 4.78 is 18.8. The topological polar surface area (TPSA) is 35.2 Å². The van der Waals surface area contributed by atoms with Crippen molar-refractivity contribution in [2.75, 3.05) is 7.11 Å². The Hall–Kier alpha value is -1.58. The molecule has 0 radical (unpaired) electrons. The molecule has 2 aromatic carbocycles. The Balaban J connectivity index is 2.28. The van der Waals surface area contributed by atoms with E-state index in [1.807, 2.05) is 25.1 Å². The van der Waals surface area contributed by atoms with E-state index in [9.17, 15) is 4.39 Å². The van der Waals surface area contributed by atoms with Gasteiger partial charge in [0.15, 0.2) is 0 Å². The van der Waals surface area contributed by atoms with E-state index in [0.29, 0.717) is 12.0 Å². The van der Waals surface area contributed by atoms with Crippen LogP contribution in [0.5, 0.6) is 5.75 Å². The van der Waals surface area contributed by atoms with Crippen LogP contribution in [0.4, 0.5) is 4.39 Å². The molecule has 0 aliphatic rings. The number of nitrogens with two attached hydrogens (primary N) is 1. The molecular weight excluding hydrogens is 277 g/mol. The van der Waals surface area contributed by atoms with Gasteiger partial charge in [0.25, 0.3) is 0 Å². The van der Waals surface area contributed by atoms with Gasteiger partial charge < -0.3 is 10.5 Å². The van der Waals surface area contributed by atoms with Crippen LogP contribution >= 0.6 is 11.6 Å². The maximum absolute atomic E-state index is 13.4. The van der Waals surface area contributed by atoms with Crippen LogP contribution in [0.1, 0.15) is 22.7 Å². The van der Waals surface area contributed by atoms with Gasteiger partial charge in [0, 0.05) is 11.6 Å². The van der Waals surface area contributed by atoms with Crippen LogP contribution in [0.25, 0.3) is 0 Å². The van der Waals surface area contributed by atoms with Gasteiger partial charge in [0.2, 0.25) is 0 Å². The minimum atomic E-state index is -0.424. The first kappa shape index (κ1) is 14.8. The lowest BCUT2D eigenvalue weighted by Gasteiger charge is -2.17. The van der Waals surface area contributed by atoms with E-state index in [4.69, 9.17) is 22.1 Å². The van der Waals surface area contributed by atoms with Gasteiger partial charge in [-0.05, 0) is 36.6 Å². The van der Waals surface area contributed by atoms with Crippen LogP contribution in [0.15, 0.2) is 36.4 Å². The van der Waals surface area contributed by atoms with Gasteiger partial charge in [-0.25, -0.2) is 4.39 Å². The molecule has 106 valence electrons. The predicted molar refractivity (Wildman–Crippen MR) is 79.8 cm³/mol. The van der Waals surface area contributed by atoms with Crippen LogP contribution in [0.3, 0.4) is 0 Å². The zero-order valence-electron chi connectivity index (χ0n) is 11.5. The Morgan fingerprint density at radius 1 is 1.30 bits per heavy atom. The van der Waals surface area contributed by atoms with E-state index in [2.05, 4.69) is 0 Å². The molecule has 0 fully saturated rings. The molecule has 0 amide bonds. The zero-order valence-corrected chi connectivity index (χ0v) is 12.2. The minimum absolute atomic E-state index is 0.133. The molecule has 2 rings (SSSR count). The largest absolute Gasteiger partial charge is 0.496 e. The highest BCUT2D eigenvalue weighted by Gasteiger charge is 2.15. The number of hydrogen-bond acceptors (Lipinski definition) is 2. The quantitative estimate of drug-likeness (QED) is 0.923. The molecule has 20 heavy (non-hydrogen) atoms. The molecule has 0 aromatic heterocycles. The van der Waals surface area contributed by atoms with E-state index >= 15 is 0 Å². The average molecular weight is 294 g/mol. The number of ether oxygens (including phenoxy) is 1. The van der Waals surface area contributed by atoms with Crippen molar-refractivity contribution in [3.05, 3.63) is 63.9 Å². The average Bonchev–Trinajstić information content (AvgIpc) is 2.43. The van der Waals surface area contributed by atoms with Crippen molar-refractivity contribution in [2.24, 2.45) is 5.73 Å². The summed E-state index contributed by atoms with van der Waals surface area (Å²) in [6, 6.07) is 10.3. The number of hydrogen-bond donors (Lipinski definition) is 1. The molecule has 0 aliphatic heterocycles. The SMILES string of the molecule is COc1cc(C)ccc1C(N)Cc1cccc(F)c1Cl. The molecule has 4 heteroatoms. The van der Waals surface area contributed by atoms with Gasteiger partial charge in [-0.15, -0.1) is 0 Å². The summed E-state index contributed by atoms with van der Waals surface area (Å²) in [5, 5.41) is 0.133. The van der Waals surface area contributed by atoms with Gasteiger partial charge in [-0.1, -0.05) is 35.9 Å². The summed E-state index contributed by atoms with van der Waals surface area (Å²) in [4.78, 5) is 0. The van der Waals surface area contributed by atoms with Crippen molar-refractivity contribution in [1.29, 1.82) is 0 Å². The fraction of sp³-hybridized carbons (Fsp3) is 0.250. The number of benzene rings is 2. The summed E-state index contributed by atoms with van der Waals surface area (Å²) in [6.45, 7) is 1.99.